The molecule has 6 rings (SSSR count). The number of hydrogen-bond donors (Lipinski definition) is 1. The smallest absolute Gasteiger partial charge is 0.229 e. The zero-order valence-electron chi connectivity index (χ0n) is 16.8. The second-order valence-electron chi connectivity index (χ2n) is 8.85. The molecule has 2 aliphatic carbocycles. The molecule has 6 nitrogen and oxygen atoms in total. The Labute approximate surface area is 171 Å². The van der Waals surface area contributed by atoms with Crippen LogP contribution in [0.15, 0.2) is 30.6 Å². The number of nitrogens with zero attached hydrogens (tertiary/aromatic N) is 5. The maximum atomic E-state index is 5.07. The molecule has 1 aliphatic heterocycles. The topological polar surface area (TPSA) is 58.9 Å². The van der Waals surface area contributed by atoms with Crippen molar-refractivity contribution >= 4 is 22.9 Å². The van der Waals surface area contributed by atoms with Gasteiger partial charge in [0.05, 0.1) is 6.33 Å². The van der Waals surface area contributed by atoms with Crippen molar-refractivity contribution in [1.82, 2.24) is 19.5 Å². The van der Waals surface area contributed by atoms with Gasteiger partial charge in [-0.05, 0) is 43.2 Å². The summed E-state index contributed by atoms with van der Waals surface area (Å²) in [6.45, 7) is 1.84. The maximum absolute atomic E-state index is 5.07. The summed E-state index contributed by atoms with van der Waals surface area (Å²) in [6.07, 6.45) is 11.9. The molecule has 1 N–H and O–H groups in total. The molecule has 3 aliphatic rings. The molecule has 150 valence electrons. The van der Waals surface area contributed by atoms with Gasteiger partial charge in [-0.15, -0.1) is 0 Å². The van der Waals surface area contributed by atoms with Crippen molar-refractivity contribution in [3.8, 4) is 0 Å². The van der Waals surface area contributed by atoms with Gasteiger partial charge in [0.2, 0.25) is 5.95 Å². The second kappa shape index (κ2) is 7.01. The van der Waals surface area contributed by atoms with Crippen molar-refractivity contribution in [1.29, 1.82) is 0 Å². The lowest BCUT2D eigenvalue weighted by molar-refractivity contribution is 0.358. The van der Waals surface area contributed by atoms with E-state index in [-0.39, 0.29) is 0 Å². The van der Waals surface area contributed by atoms with Crippen molar-refractivity contribution in [3.05, 3.63) is 41.7 Å². The second-order valence-corrected chi connectivity index (χ2v) is 8.85. The van der Waals surface area contributed by atoms with Crippen LogP contribution in [0.25, 0.3) is 11.2 Å². The molecule has 0 atom stereocenters. The summed E-state index contributed by atoms with van der Waals surface area (Å²) in [5.41, 5.74) is 4.78. The first-order chi connectivity index (χ1) is 14.3. The molecule has 0 bridgehead atoms. The van der Waals surface area contributed by atoms with Crippen molar-refractivity contribution < 1.29 is 0 Å². The van der Waals surface area contributed by atoms with Gasteiger partial charge in [-0.2, -0.15) is 9.97 Å². The fraction of sp³-hybridized carbons (Fsp3) is 0.522. The Balaban J connectivity index is 1.41. The number of anilines is 2. The van der Waals surface area contributed by atoms with Crippen LogP contribution in [0.3, 0.4) is 0 Å². The number of hydrogen-bond acceptors (Lipinski definition) is 5. The SMILES string of the molecule is c1ccc2c(c1)CCN(c1nc(NC3CC3)c3ncn(C4CCCCC4)c3n1)C2. The van der Waals surface area contributed by atoms with Crippen molar-refractivity contribution in [2.24, 2.45) is 0 Å². The Kier molecular flexibility index (Phi) is 4.17. The number of rotatable bonds is 4. The highest BCUT2D eigenvalue weighted by Crippen LogP contribution is 2.34. The first kappa shape index (κ1) is 17.2. The highest BCUT2D eigenvalue weighted by atomic mass is 15.3. The van der Waals surface area contributed by atoms with Gasteiger partial charge in [0.25, 0.3) is 0 Å². The van der Waals surface area contributed by atoms with E-state index in [2.05, 4.69) is 39.0 Å². The molecule has 3 aromatic rings. The van der Waals surface area contributed by atoms with E-state index in [9.17, 15) is 0 Å². The van der Waals surface area contributed by atoms with Gasteiger partial charge >= 0.3 is 0 Å². The zero-order chi connectivity index (χ0) is 19.2. The lowest BCUT2D eigenvalue weighted by Gasteiger charge is -2.29. The standard InChI is InChI=1S/C23H28N6/c1-2-8-19(9-3-1)29-15-24-20-21(25-18-10-11-18)26-23(27-22(20)29)28-13-12-16-6-4-5-7-17(16)14-28/h4-7,15,18-19H,1-3,8-14H2,(H,25,26,27). The predicted octanol–water partition coefficient (Wildman–Crippen LogP) is 4.47. The summed E-state index contributed by atoms with van der Waals surface area (Å²) in [6, 6.07) is 9.81. The third-order valence-corrected chi connectivity index (χ3v) is 6.71. The van der Waals surface area contributed by atoms with E-state index in [0.717, 1.165) is 42.4 Å². The molecule has 2 aromatic heterocycles. The fourth-order valence-corrected chi connectivity index (χ4v) is 4.86. The molecule has 2 fully saturated rings. The minimum Gasteiger partial charge on any atom is -0.365 e. The molecule has 6 heteroatoms. The summed E-state index contributed by atoms with van der Waals surface area (Å²) in [7, 11) is 0. The minimum absolute atomic E-state index is 0.521. The van der Waals surface area contributed by atoms with Gasteiger partial charge in [0, 0.05) is 25.2 Å². The Bertz CT molecular complexity index is 1030. The molecular formula is C23H28N6. The number of fused-ring (bicyclic) bond motifs is 2. The predicted molar refractivity (Wildman–Crippen MR) is 115 cm³/mol. The molecular weight excluding hydrogens is 360 g/mol. The molecule has 1 aromatic carbocycles. The van der Waals surface area contributed by atoms with Crippen LogP contribution in [0, 0.1) is 0 Å². The zero-order valence-corrected chi connectivity index (χ0v) is 16.8. The summed E-state index contributed by atoms with van der Waals surface area (Å²) in [4.78, 5) is 17.1. The number of nitrogens with one attached hydrogen (secondary N) is 1. The fourth-order valence-electron chi connectivity index (χ4n) is 4.86. The monoisotopic (exact) mass is 388 g/mol. The summed E-state index contributed by atoms with van der Waals surface area (Å²) in [5, 5.41) is 3.62. The van der Waals surface area contributed by atoms with E-state index < -0.39 is 0 Å². The van der Waals surface area contributed by atoms with Crippen molar-refractivity contribution in [2.75, 3.05) is 16.8 Å². The van der Waals surface area contributed by atoms with Crippen molar-refractivity contribution in [3.63, 3.8) is 0 Å². The van der Waals surface area contributed by atoms with E-state index in [1.807, 2.05) is 6.33 Å². The Morgan fingerprint density at radius 3 is 2.59 bits per heavy atom. The highest BCUT2D eigenvalue weighted by molar-refractivity contribution is 5.84. The summed E-state index contributed by atoms with van der Waals surface area (Å²) in [5.74, 6) is 1.76. The molecule has 0 unspecified atom stereocenters. The summed E-state index contributed by atoms with van der Waals surface area (Å²) >= 11 is 0. The maximum Gasteiger partial charge on any atom is 0.229 e. The largest absolute Gasteiger partial charge is 0.365 e. The number of imidazole rings is 1. The molecule has 29 heavy (non-hydrogen) atoms. The van der Waals surface area contributed by atoms with Crippen LogP contribution < -0.4 is 10.2 Å². The van der Waals surface area contributed by atoms with Gasteiger partial charge in [-0.25, -0.2) is 4.98 Å². The first-order valence-electron chi connectivity index (χ1n) is 11.2. The number of benzene rings is 1. The lowest BCUT2D eigenvalue weighted by atomic mass is 9.95. The van der Waals surface area contributed by atoms with Gasteiger partial charge in [-0.1, -0.05) is 43.5 Å². The third kappa shape index (κ3) is 3.24. The lowest BCUT2D eigenvalue weighted by Crippen LogP contribution is -2.32. The summed E-state index contributed by atoms with van der Waals surface area (Å²) < 4.78 is 2.33. The normalized spacial score (nSPS) is 20.1. The van der Waals surface area contributed by atoms with Crippen LogP contribution in [0.1, 0.15) is 62.1 Å². The average Bonchev–Trinajstić information content (AvgIpc) is 3.49. The molecule has 0 spiro atoms. The van der Waals surface area contributed by atoms with Crippen LogP contribution in [-0.2, 0) is 13.0 Å². The molecule has 0 saturated heterocycles. The number of aromatic nitrogens is 4. The van der Waals surface area contributed by atoms with Gasteiger partial charge < -0.3 is 14.8 Å². The Morgan fingerprint density at radius 2 is 1.76 bits per heavy atom. The molecule has 2 saturated carbocycles. The molecule has 0 amide bonds. The van der Waals surface area contributed by atoms with Crippen molar-refractivity contribution in [2.45, 2.75) is 70.0 Å². The average molecular weight is 389 g/mol. The minimum atomic E-state index is 0.521. The molecule has 3 heterocycles. The van der Waals surface area contributed by atoms with Crippen LogP contribution in [0.4, 0.5) is 11.8 Å². The Hall–Kier alpha value is -2.63. The van der Waals surface area contributed by atoms with Crippen LogP contribution in [0.2, 0.25) is 0 Å². The quantitative estimate of drug-likeness (QED) is 0.715. The van der Waals surface area contributed by atoms with Crippen LogP contribution in [0.5, 0.6) is 0 Å². The van der Waals surface area contributed by atoms with Gasteiger partial charge in [0.15, 0.2) is 17.0 Å². The highest BCUT2D eigenvalue weighted by Gasteiger charge is 2.27. The van der Waals surface area contributed by atoms with E-state index in [4.69, 9.17) is 15.0 Å². The van der Waals surface area contributed by atoms with Gasteiger partial charge in [0.1, 0.15) is 0 Å². The van der Waals surface area contributed by atoms with E-state index in [0.29, 0.717) is 12.1 Å². The van der Waals surface area contributed by atoms with Gasteiger partial charge in [-0.3, -0.25) is 0 Å². The Morgan fingerprint density at radius 1 is 0.931 bits per heavy atom. The van der Waals surface area contributed by atoms with Crippen LogP contribution in [-0.4, -0.2) is 32.1 Å². The van der Waals surface area contributed by atoms with Crippen LogP contribution >= 0.6 is 0 Å². The molecule has 0 radical (unpaired) electrons. The first-order valence-corrected chi connectivity index (χ1v) is 11.2. The van der Waals surface area contributed by atoms with E-state index in [1.165, 1.54) is 56.1 Å². The van der Waals surface area contributed by atoms with E-state index >= 15 is 0 Å². The van der Waals surface area contributed by atoms with E-state index in [1.54, 1.807) is 0 Å². The third-order valence-electron chi connectivity index (χ3n) is 6.71.